The topological polar surface area (TPSA) is 54.6 Å². The quantitative estimate of drug-likeness (QED) is 0.618. The number of aromatic nitrogens is 1. The van der Waals surface area contributed by atoms with Gasteiger partial charge in [-0.1, -0.05) is 13.8 Å². The van der Waals surface area contributed by atoms with E-state index >= 15 is 0 Å². The molecular weight excluding hydrogens is 246 g/mol. The normalized spacial score (nSPS) is 19.4. The Bertz CT molecular complexity index is 449. The zero-order chi connectivity index (χ0) is 14.0. The molecule has 0 radical (unpaired) electrons. The molecule has 106 valence electrons. The second-order valence-electron chi connectivity index (χ2n) is 5.74. The van der Waals surface area contributed by atoms with Crippen LogP contribution in [0.25, 0.3) is 0 Å². The van der Waals surface area contributed by atoms with Gasteiger partial charge in [-0.25, -0.2) is 0 Å². The average molecular weight is 267 g/mol. The van der Waals surface area contributed by atoms with Crippen LogP contribution >= 0.6 is 0 Å². The van der Waals surface area contributed by atoms with Gasteiger partial charge in [0.15, 0.2) is 18.2 Å². The largest absolute Gasteiger partial charge is 0.618 e. The lowest BCUT2D eigenvalue weighted by atomic mass is 9.96. The van der Waals surface area contributed by atoms with Gasteiger partial charge in [-0.15, -0.1) is 0 Å². The van der Waals surface area contributed by atoms with Crippen LogP contribution in [0.4, 0.5) is 0 Å². The zero-order valence-corrected chi connectivity index (χ0v) is 11.9. The molecule has 19 heavy (non-hydrogen) atoms. The standard InChI is InChI=1S/C14H21NO4/c1-10-11(2)15(16)6-5-12(10)17-7-13-18-8-14(3,4)9-19-13/h5-6,13H,7-9H2,1-4H3. The highest BCUT2D eigenvalue weighted by molar-refractivity contribution is 5.31. The molecule has 1 aromatic heterocycles. The Kier molecular flexibility index (Phi) is 3.96. The maximum atomic E-state index is 11.4. The van der Waals surface area contributed by atoms with E-state index in [0.717, 1.165) is 10.3 Å². The monoisotopic (exact) mass is 267 g/mol. The first kappa shape index (κ1) is 14.1. The van der Waals surface area contributed by atoms with Crippen molar-refractivity contribution in [2.75, 3.05) is 19.8 Å². The molecule has 1 saturated heterocycles. The van der Waals surface area contributed by atoms with Crippen LogP contribution in [0.5, 0.6) is 5.75 Å². The highest BCUT2D eigenvalue weighted by atomic mass is 16.7. The fraction of sp³-hybridized carbons (Fsp3) is 0.643. The lowest BCUT2D eigenvalue weighted by Crippen LogP contribution is -2.40. The summed E-state index contributed by atoms with van der Waals surface area (Å²) in [5.74, 6) is 0.696. The van der Waals surface area contributed by atoms with Gasteiger partial charge in [0, 0.05) is 18.4 Å². The minimum atomic E-state index is -0.340. The van der Waals surface area contributed by atoms with Crippen LogP contribution in [0.2, 0.25) is 0 Å². The Hall–Kier alpha value is -1.33. The van der Waals surface area contributed by atoms with Crippen LogP contribution in [0, 0.1) is 24.5 Å². The van der Waals surface area contributed by atoms with E-state index in [2.05, 4.69) is 13.8 Å². The smallest absolute Gasteiger partial charge is 0.196 e. The summed E-state index contributed by atoms with van der Waals surface area (Å²) in [7, 11) is 0. The van der Waals surface area contributed by atoms with E-state index in [1.165, 1.54) is 6.20 Å². The van der Waals surface area contributed by atoms with Crippen molar-refractivity contribution in [3.05, 3.63) is 28.7 Å². The fourth-order valence-electron chi connectivity index (χ4n) is 1.85. The molecule has 5 nitrogen and oxygen atoms in total. The number of nitrogens with zero attached hydrogens (tertiary/aromatic N) is 1. The molecule has 2 heterocycles. The van der Waals surface area contributed by atoms with Crippen molar-refractivity contribution in [3.63, 3.8) is 0 Å². The third-order valence-corrected chi connectivity index (χ3v) is 3.30. The number of hydrogen-bond acceptors (Lipinski definition) is 4. The van der Waals surface area contributed by atoms with E-state index < -0.39 is 0 Å². The summed E-state index contributed by atoms with van der Waals surface area (Å²) in [4.78, 5) is 0. The molecule has 0 N–H and O–H groups in total. The molecule has 1 aliphatic rings. The number of ether oxygens (including phenoxy) is 3. The molecule has 1 aromatic rings. The second-order valence-corrected chi connectivity index (χ2v) is 5.74. The van der Waals surface area contributed by atoms with E-state index in [0.29, 0.717) is 31.3 Å². The predicted octanol–water partition coefficient (Wildman–Crippen LogP) is 1.71. The third-order valence-electron chi connectivity index (χ3n) is 3.30. The first-order valence-electron chi connectivity index (χ1n) is 6.44. The number of pyridine rings is 1. The summed E-state index contributed by atoms with van der Waals surface area (Å²) in [6.07, 6.45) is 1.11. The van der Waals surface area contributed by atoms with Gasteiger partial charge in [-0.3, -0.25) is 0 Å². The summed E-state index contributed by atoms with van der Waals surface area (Å²) in [6.45, 7) is 9.49. The molecule has 1 fully saturated rings. The van der Waals surface area contributed by atoms with Crippen molar-refractivity contribution >= 4 is 0 Å². The second kappa shape index (κ2) is 5.35. The highest BCUT2D eigenvalue weighted by Gasteiger charge is 2.28. The molecule has 0 unspecified atom stereocenters. The number of rotatable bonds is 3. The Morgan fingerprint density at radius 2 is 2.00 bits per heavy atom. The molecule has 0 bridgehead atoms. The van der Waals surface area contributed by atoms with Crippen LogP contribution in [0.3, 0.4) is 0 Å². The van der Waals surface area contributed by atoms with E-state index in [-0.39, 0.29) is 11.7 Å². The van der Waals surface area contributed by atoms with Crippen LogP contribution in [0.1, 0.15) is 25.1 Å². The van der Waals surface area contributed by atoms with Crippen molar-refractivity contribution in [1.29, 1.82) is 0 Å². The molecule has 0 atom stereocenters. The van der Waals surface area contributed by atoms with E-state index in [1.54, 1.807) is 13.0 Å². The highest BCUT2D eigenvalue weighted by Crippen LogP contribution is 2.24. The Labute approximate surface area is 113 Å². The van der Waals surface area contributed by atoms with Crippen molar-refractivity contribution in [1.82, 2.24) is 0 Å². The van der Waals surface area contributed by atoms with Crippen molar-refractivity contribution in [2.45, 2.75) is 34.0 Å². The van der Waals surface area contributed by atoms with Crippen molar-refractivity contribution in [2.24, 2.45) is 5.41 Å². The molecule has 0 amide bonds. The van der Waals surface area contributed by atoms with Gasteiger partial charge in [-0.05, 0) is 6.92 Å². The number of hydrogen-bond donors (Lipinski definition) is 0. The summed E-state index contributed by atoms with van der Waals surface area (Å²) < 4.78 is 17.7. The fourth-order valence-corrected chi connectivity index (χ4v) is 1.85. The molecule has 0 aliphatic carbocycles. The zero-order valence-electron chi connectivity index (χ0n) is 11.9. The SMILES string of the molecule is Cc1c(OCC2OCC(C)(C)CO2)cc[n+]([O-])c1C. The van der Waals surface area contributed by atoms with E-state index in [4.69, 9.17) is 14.2 Å². The summed E-state index contributed by atoms with van der Waals surface area (Å²) in [5.41, 5.74) is 1.54. The Morgan fingerprint density at radius 1 is 1.37 bits per heavy atom. The first-order chi connectivity index (χ1) is 8.89. The molecule has 5 heteroatoms. The van der Waals surface area contributed by atoms with Gasteiger partial charge in [0.1, 0.15) is 12.4 Å². The average Bonchev–Trinajstić information content (AvgIpc) is 2.37. The molecule has 0 saturated carbocycles. The molecule has 0 spiro atoms. The first-order valence-corrected chi connectivity index (χ1v) is 6.44. The maximum absolute atomic E-state index is 11.4. The minimum absolute atomic E-state index is 0.0594. The van der Waals surface area contributed by atoms with Crippen LogP contribution < -0.4 is 9.47 Å². The molecule has 0 aromatic carbocycles. The van der Waals surface area contributed by atoms with Crippen LogP contribution in [0.15, 0.2) is 12.3 Å². The van der Waals surface area contributed by atoms with Crippen LogP contribution in [-0.4, -0.2) is 26.1 Å². The van der Waals surface area contributed by atoms with Crippen molar-refractivity contribution < 1.29 is 18.9 Å². The lowest BCUT2D eigenvalue weighted by Gasteiger charge is -2.34. The van der Waals surface area contributed by atoms with Gasteiger partial charge in [-0.2, -0.15) is 4.73 Å². The lowest BCUT2D eigenvalue weighted by molar-refractivity contribution is -0.612. The van der Waals surface area contributed by atoms with E-state index in [1.807, 2.05) is 6.92 Å². The van der Waals surface area contributed by atoms with Crippen LogP contribution in [-0.2, 0) is 9.47 Å². The molecule has 2 rings (SSSR count). The molecular formula is C14H21NO4. The third kappa shape index (κ3) is 3.36. The van der Waals surface area contributed by atoms with E-state index in [9.17, 15) is 5.21 Å². The molecule has 1 aliphatic heterocycles. The van der Waals surface area contributed by atoms with Gasteiger partial charge in [0.25, 0.3) is 0 Å². The summed E-state index contributed by atoms with van der Waals surface area (Å²) >= 11 is 0. The van der Waals surface area contributed by atoms with Gasteiger partial charge < -0.3 is 19.4 Å². The Morgan fingerprint density at radius 3 is 2.63 bits per heavy atom. The minimum Gasteiger partial charge on any atom is -0.618 e. The summed E-state index contributed by atoms with van der Waals surface area (Å²) in [5, 5.41) is 11.4. The van der Waals surface area contributed by atoms with Gasteiger partial charge in [0.2, 0.25) is 0 Å². The summed E-state index contributed by atoms with van der Waals surface area (Å²) in [6, 6.07) is 1.67. The predicted molar refractivity (Wildman–Crippen MR) is 69.8 cm³/mol. The maximum Gasteiger partial charge on any atom is 0.196 e. The van der Waals surface area contributed by atoms with Gasteiger partial charge >= 0.3 is 0 Å². The van der Waals surface area contributed by atoms with Crippen molar-refractivity contribution in [3.8, 4) is 5.75 Å². The van der Waals surface area contributed by atoms with Gasteiger partial charge in [0.05, 0.1) is 18.8 Å². The Balaban J connectivity index is 1.92.